The molecule has 7 nitrogen and oxygen atoms in total. The van der Waals surface area contributed by atoms with Crippen LogP contribution in [-0.2, 0) is 13.1 Å². The second-order valence-corrected chi connectivity index (χ2v) is 6.50. The number of hydrogen-bond donors (Lipinski definition) is 3. The minimum absolute atomic E-state index is 0.0457. The first kappa shape index (κ1) is 18.2. The lowest BCUT2D eigenvalue weighted by molar-refractivity contribution is 0.0820. The summed E-state index contributed by atoms with van der Waals surface area (Å²) >= 11 is 17.9. The number of anilines is 1. The minimum Gasteiger partial charge on any atom is -0.394 e. The Morgan fingerprint density at radius 1 is 1.16 bits per heavy atom. The number of rotatable bonds is 6. The molecule has 0 saturated heterocycles. The van der Waals surface area contributed by atoms with Crippen LogP contribution in [0.15, 0.2) is 24.5 Å². The lowest BCUT2D eigenvalue weighted by Crippen LogP contribution is -2.19. The summed E-state index contributed by atoms with van der Waals surface area (Å²) in [7, 11) is 0. The largest absolute Gasteiger partial charge is 0.394 e. The van der Waals surface area contributed by atoms with E-state index in [-0.39, 0.29) is 18.4 Å². The van der Waals surface area contributed by atoms with Crippen LogP contribution < -0.4 is 5.32 Å². The number of aliphatic hydroxyl groups is 2. The zero-order valence-corrected chi connectivity index (χ0v) is 15.1. The molecule has 132 valence electrons. The zero-order valence-electron chi connectivity index (χ0n) is 12.8. The molecule has 0 spiro atoms. The van der Waals surface area contributed by atoms with E-state index in [4.69, 9.17) is 39.9 Å². The Morgan fingerprint density at radius 3 is 2.68 bits per heavy atom. The third-order valence-electron chi connectivity index (χ3n) is 3.50. The number of nitrogens with zero attached hydrogens (tertiary/aromatic N) is 4. The van der Waals surface area contributed by atoms with Gasteiger partial charge in [-0.05, 0) is 29.3 Å². The van der Waals surface area contributed by atoms with Crippen molar-refractivity contribution in [1.29, 1.82) is 0 Å². The van der Waals surface area contributed by atoms with Crippen LogP contribution in [0.2, 0.25) is 15.3 Å². The summed E-state index contributed by atoms with van der Waals surface area (Å²) in [5, 5.41) is 22.8. The highest BCUT2D eigenvalue weighted by atomic mass is 35.5. The van der Waals surface area contributed by atoms with Crippen LogP contribution in [0.25, 0.3) is 11.2 Å². The van der Waals surface area contributed by atoms with Crippen molar-refractivity contribution in [3.63, 3.8) is 0 Å². The van der Waals surface area contributed by atoms with Gasteiger partial charge in [-0.1, -0.05) is 29.3 Å². The molecule has 3 N–H and O–H groups in total. The highest BCUT2D eigenvalue weighted by molar-refractivity contribution is 6.42. The van der Waals surface area contributed by atoms with Gasteiger partial charge in [0.1, 0.15) is 0 Å². The molecule has 0 amide bonds. The predicted molar refractivity (Wildman–Crippen MR) is 97.2 cm³/mol. The topological polar surface area (TPSA) is 96.1 Å². The number of aromatic nitrogens is 4. The highest BCUT2D eigenvalue weighted by Gasteiger charge is 2.14. The lowest BCUT2D eigenvalue weighted by atomic mass is 10.2. The fraction of sp³-hybridized carbons (Fsp3) is 0.267. The van der Waals surface area contributed by atoms with E-state index in [0.717, 1.165) is 5.56 Å². The molecule has 0 aliphatic carbocycles. The monoisotopic (exact) mass is 401 g/mol. The van der Waals surface area contributed by atoms with Gasteiger partial charge in [0, 0.05) is 6.54 Å². The van der Waals surface area contributed by atoms with Crippen LogP contribution in [0.1, 0.15) is 5.56 Å². The molecule has 0 fully saturated rings. The average Bonchev–Trinajstić information content (AvgIpc) is 2.98. The Balaban J connectivity index is 1.87. The van der Waals surface area contributed by atoms with Crippen molar-refractivity contribution in [3.8, 4) is 0 Å². The SMILES string of the molecule is OCC(O)Cn1cnc2c(NCc3ccc(Cl)c(Cl)c3)nc(Cl)nc21. The molecule has 0 aliphatic heterocycles. The number of halogens is 3. The van der Waals surface area contributed by atoms with E-state index < -0.39 is 6.10 Å². The normalized spacial score (nSPS) is 12.5. The van der Waals surface area contributed by atoms with Crippen LogP contribution in [0.4, 0.5) is 5.82 Å². The highest BCUT2D eigenvalue weighted by Crippen LogP contribution is 2.25. The van der Waals surface area contributed by atoms with Crippen LogP contribution in [0.5, 0.6) is 0 Å². The minimum atomic E-state index is -0.918. The van der Waals surface area contributed by atoms with Crippen molar-refractivity contribution < 1.29 is 10.2 Å². The molecular weight excluding hydrogens is 389 g/mol. The first-order valence-corrected chi connectivity index (χ1v) is 8.46. The predicted octanol–water partition coefficient (Wildman–Crippen LogP) is 2.75. The summed E-state index contributed by atoms with van der Waals surface area (Å²) < 4.78 is 1.61. The Hall–Kier alpha value is -1.64. The van der Waals surface area contributed by atoms with Gasteiger partial charge in [0.15, 0.2) is 17.0 Å². The van der Waals surface area contributed by atoms with Gasteiger partial charge in [-0.25, -0.2) is 4.98 Å². The molecule has 1 unspecified atom stereocenters. The van der Waals surface area contributed by atoms with Crippen LogP contribution >= 0.6 is 34.8 Å². The van der Waals surface area contributed by atoms with Crippen LogP contribution in [-0.4, -0.2) is 42.4 Å². The van der Waals surface area contributed by atoms with E-state index in [9.17, 15) is 5.11 Å². The second kappa shape index (κ2) is 7.72. The maximum Gasteiger partial charge on any atom is 0.226 e. The zero-order chi connectivity index (χ0) is 18.0. The molecule has 25 heavy (non-hydrogen) atoms. The van der Waals surface area contributed by atoms with Crippen molar-refractivity contribution >= 4 is 51.8 Å². The number of fused-ring (bicyclic) bond motifs is 1. The number of nitrogens with one attached hydrogen (secondary N) is 1. The first-order valence-electron chi connectivity index (χ1n) is 7.33. The van der Waals surface area contributed by atoms with Gasteiger partial charge in [0.2, 0.25) is 5.28 Å². The third-order valence-corrected chi connectivity index (χ3v) is 4.41. The summed E-state index contributed by atoms with van der Waals surface area (Å²) in [4.78, 5) is 12.6. The molecule has 3 aromatic rings. The van der Waals surface area contributed by atoms with Crippen molar-refractivity contribution in [2.75, 3.05) is 11.9 Å². The molecule has 2 heterocycles. The standard InChI is InChI=1S/C15H14Cl3N5O2/c16-10-2-1-8(3-11(10)17)4-19-13-12-14(22-15(18)21-13)23(7-20-12)5-9(25)6-24/h1-3,7,9,24-25H,4-6H2,(H,19,21,22). The molecule has 0 aliphatic rings. The van der Waals surface area contributed by atoms with E-state index in [2.05, 4.69) is 20.3 Å². The van der Waals surface area contributed by atoms with Crippen molar-refractivity contribution in [2.45, 2.75) is 19.2 Å². The second-order valence-electron chi connectivity index (χ2n) is 5.35. The number of hydrogen-bond acceptors (Lipinski definition) is 6. The van der Waals surface area contributed by atoms with E-state index in [0.29, 0.717) is 33.6 Å². The summed E-state index contributed by atoms with van der Waals surface area (Å²) in [6, 6.07) is 5.32. The van der Waals surface area contributed by atoms with Gasteiger partial charge in [-0.2, -0.15) is 9.97 Å². The fourth-order valence-corrected chi connectivity index (χ4v) is 2.78. The third kappa shape index (κ3) is 4.13. The number of benzene rings is 1. The van der Waals surface area contributed by atoms with Crippen molar-refractivity contribution in [1.82, 2.24) is 19.5 Å². The molecule has 10 heteroatoms. The number of aliphatic hydroxyl groups excluding tert-OH is 2. The van der Waals surface area contributed by atoms with E-state index >= 15 is 0 Å². The molecular formula is C15H14Cl3N5O2. The van der Waals surface area contributed by atoms with Gasteiger partial charge in [0.25, 0.3) is 0 Å². The summed E-state index contributed by atoms with van der Waals surface area (Å²) in [6.45, 7) is 0.221. The summed E-state index contributed by atoms with van der Waals surface area (Å²) in [6.07, 6.45) is 0.595. The van der Waals surface area contributed by atoms with E-state index in [1.54, 1.807) is 16.7 Å². The van der Waals surface area contributed by atoms with E-state index in [1.165, 1.54) is 6.33 Å². The van der Waals surface area contributed by atoms with Crippen molar-refractivity contribution in [3.05, 3.63) is 45.4 Å². The Kier molecular flexibility index (Phi) is 5.61. The average molecular weight is 403 g/mol. The fourth-order valence-electron chi connectivity index (χ4n) is 2.29. The smallest absolute Gasteiger partial charge is 0.226 e. The van der Waals surface area contributed by atoms with Gasteiger partial charge in [-0.15, -0.1) is 0 Å². The Bertz CT molecular complexity index is 902. The quantitative estimate of drug-likeness (QED) is 0.549. The molecule has 2 aromatic heterocycles. The van der Waals surface area contributed by atoms with Crippen LogP contribution in [0, 0.1) is 0 Å². The first-order chi connectivity index (χ1) is 12.0. The molecule has 0 bridgehead atoms. The maximum absolute atomic E-state index is 9.61. The Labute approximate surface area is 158 Å². The molecule has 0 saturated carbocycles. The van der Waals surface area contributed by atoms with Crippen LogP contribution in [0.3, 0.4) is 0 Å². The summed E-state index contributed by atoms with van der Waals surface area (Å²) in [5.74, 6) is 0.457. The van der Waals surface area contributed by atoms with Gasteiger partial charge < -0.3 is 20.1 Å². The van der Waals surface area contributed by atoms with E-state index in [1.807, 2.05) is 6.07 Å². The molecule has 1 atom stereocenters. The number of imidazole rings is 1. The van der Waals surface area contributed by atoms with Gasteiger partial charge in [-0.3, -0.25) is 0 Å². The van der Waals surface area contributed by atoms with Crippen molar-refractivity contribution in [2.24, 2.45) is 0 Å². The summed E-state index contributed by atoms with van der Waals surface area (Å²) in [5.41, 5.74) is 1.88. The molecule has 3 rings (SSSR count). The maximum atomic E-state index is 9.61. The van der Waals surface area contributed by atoms with Gasteiger partial charge in [0.05, 0.1) is 35.6 Å². The Morgan fingerprint density at radius 2 is 1.96 bits per heavy atom. The van der Waals surface area contributed by atoms with Gasteiger partial charge >= 0.3 is 0 Å². The molecule has 0 radical (unpaired) electrons. The molecule has 1 aromatic carbocycles. The lowest BCUT2D eigenvalue weighted by Gasteiger charge is -2.10.